The summed E-state index contributed by atoms with van der Waals surface area (Å²) in [7, 11) is -3.67. The minimum atomic E-state index is -3.67. The molecule has 1 aliphatic heterocycles. The fourth-order valence-corrected chi connectivity index (χ4v) is 4.91. The molecule has 2 fully saturated rings. The maximum absolute atomic E-state index is 13.1. The van der Waals surface area contributed by atoms with E-state index < -0.39 is 15.8 Å². The highest BCUT2D eigenvalue weighted by Gasteiger charge is 2.42. The topological polar surface area (TPSA) is 55.4 Å². The number of halogens is 2. The van der Waals surface area contributed by atoms with Crippen LogP contribution in [0.5, 0.6) is 0 Å². The molecular weight excluding hydrogens is 349 g/mol. The highest BCUT2D eigenvalue weighted by Crippen LogP contribution is 2.39. The highest BCUT2D eigenvalue weighted by atomic mass is 79.9. The van der Waals surface area contributed by atoms with Gasteiger partial charge in [0.25, 0.3) is 0 Å². The van der Waals surface area contributed by atoms with E-state index in [0.717, 1.165) is 25.0 Å². The number of ether oxygens (including phenoxy) is 1. The lowest BCUT2D eigenvalue weighted by Gasteiger charge is -2.19. The fourth-order valence-electron chi connectivity index (χ4n) is 2.58. The van der Waals surface area contributed by atoms with Crippen LogP contribution in [0.3, 0.4) is 0 Å². The molecule has 1 aromatic carbocycles. The van der Waals surface area contributed by atoms with Gasteiger partial charge in [-0.1, -0.05) is 0 Å². The zero-order valence-corrected chi connectivity index (χ0v) is 13.1. The molecule has 7 heteroatoms. The molecular formula is C13H15BrFNO3S. The Bertz CT molecular complexity index is 618. The van der Waals surface area contributed by atoms with Gasteiger partial charge in [0, 0.05) is 11.1 Å². The van der Waals surface area contributed by atoms with Gasteiger partial charge in [-0.05, 0) is 59.3 Å². The summed E-state index contributed by atoms with van der Waals surface area (Å²) in [6, 6.07) is 3.37. The predicted octanol–water partition coefficient (Wildman–Crippen LogP) is 2.43. The van der Waals surface area contributed by atoms with Crippen LogP contribution in [0, 0.1) is 11.7 Å². The maximum Gasteiger partial charge on any atom is 0.242 e. The Morgan fingerprint density at radius 2 is 2.05 bits per heavy atom. The summed E-state index contributed by atoms with van der Waals surface area (Å²) in [6.07, 6.45) is 2.86. The van der Waals surface area contributed by atoms with Gasteiger partial charge in [0.1, 0.15) is 5.82 Å². The molecule has 1 heterocycles. The Morgan fingerprint density at radius 3 is 2.70 bits per heavy atom. The molecule has 1 aromatic rings. The van der Waals surface area contributed by atoms with Crippen molar-refractivity contribution in [3.63, 3.8) is 0 Å². The van der Waals surface area contributed by atoms with Crippen LogP contribution in [0.25, 0.3) is 0 Å². The lowest BCUT2D eigenvalue weighted by molar-refractivity contribution is 0.0848. The van der Waals surface area contributed by atoms with Crippen LogP contribution >= 0.6 is 15.9 Å². The van der Waals surface area contributed by atoms with Crippen molar-refractivity contribution in [3.05, 3.63) is 28.5 Å². The van der Waals surface area contributed by atoms with E-state index in [0.29, 0.717) is 18.9 Å². The minimum absolute atomic E-state index is 0.0241. The first-order valence-electron chi connectivity index (χ1n) is 6.56. The summed E-state index contributed by atoms with van der Waals surface area (Å²) in [5.41, 5.74) is 0. The molecule has 0 spiro atoms. The van der Waals surface area contributed by atoms with E-state index in [1.807, 2.05) is 0 Å². The zero-order valence-electron chi connectivity index (χ0n) is 10.7. The van der Waals surface area contributed by atoms with Crippen molar-refractivity contribution in [2.75, 3.05) is 6.61 Å². The van der Waals surface area contributed by atoms with Gasteiger partial charge in [-0.2, -0.15) is 0 Å². The van der Waals surface area contributed by atoms with Crippen molar-refractivity contribution in [2.24, 2.45) is 5.92 Å². The molecule has 1 aliphatic carbocycles. The van der Waals surface area contributed by atoms with Gasteiger partial charge in [0.2, 0.25) is 10.0 Å². The Kier molecular flexibility index (Phi) is 3.87. The van der Waals surface area contributed by atoms with Crippen LogP contribution < -0.4 is 4.72 Å². The number of rotatable bonds is 4. The second kappa shape index (κ2) is 5.36. The fraction of sp³-hybridized carbons (Fsp3) is 0.538. The van der Waals surface area contributed by atoms with Gasteiger partial charge >= 0.3 is 0 Å². The first-order valence-corrected chi connectivity index (χ1v) is 8.84. The molecule has 2 unspecified atom stereocenters. The Balaban J connectivity index is 1.81. The van der Waals surface area contributed by atoms with Gasteiger partial charge in [0.05, 0.1) is 17.0 Å². The monoisotopic (exact) mass is 363 g/mol. The van der Waals surface area contributed by atoms with Crippen LogP contribution in [-0.2, 0) is 14.8 Å². The summed E-state index contributed by atoms with van der Waals surface area (Å²) < 4.78 is 46.4. The molecule has 0 radical (unpaired) electrons. The molecule has 0 bridgehead atoms. The first kappa shape index (κ1) is 14.4. The summed E-state index contributed by atoms with van der Waals surface area (Å²) >= 11 is 3.10. The van der Waals surface area contributed by atoms with Crippen LogP contribution in [0.4, 0.5) is 4.39 Å². The molecule has 0 amide bonds. The average Bonchev–Trinajstić information content (AvgIpc) is 3.10. The van der Waals surface area contributed by atoms with E-state index in [1.54, 1.807) is 0 Å². The highest BCUT2D eigenvalue weighted by molar-refractivity contribution is 9.10. The SMILES string of the molecule is O=S(=O)(NC1CCOC1C1CC1)c1ccc(F)cc1Br. The van der Waals surface area contributed by atoms with Crippen molar-refractivity contribution in [2.45, 2.75) is 36.3 Å². The molecule has 110 valence electrons. The molecule has 20 heavy (non-hydrogen) atoms. The molecule has 1 N–H and O–H groups in total. The molecule has 1 saturated carbocycles. The van der Waals surface area contributed by atoms with Crippen LogP contribution in [0.1, 0.15) is 19.3 Å². The largest absolute Gasteiger partial charge is 0.376 e. The third-order valence-electron chi connectivity index (χ3n) is 3.71. The summed E-state index contributed by atoms with van der Waals surface area (Å²) in [5, 5.41) is 0. The van der Waals surface area contributed by atoms with Gasteiger partial charge in [-0.25, -0.2) is 17.5 Å². The van der Waals surface area contributed by atoms with Crippen molar-refractivity contribution >= 4 is 26.0 Å². The standard InChI is InChI=1S/C13H15BrFNO3S/c14-10-7-9(15)3-4-12(10)20(17,18)16-11-5-6-19-13(11)8-1-2-8/h3-4,7-8,11,13,16H,1-2,5-6H2. The van der Waals surface area contributed by atoms with Gasteiger partial charge in [-0.15, -0.1) is 0 Å². The molecule has 3 rings (SSSR count). The second-order valence-corrected chi connectivity index (χ2v) is 7.80. The van der Waals surface area contributed by atoms with Crippen molar-refractivity contribution in [1.29, 1.82) is 0 Å². The number of hydrogen-bond donors (Lipinski definition) is 1. The van der Waals surface area contributed by atoms with Gasteiger partial charge in [-0.3, -0.25) is 0 Å². The first-order chi connectivity index (χ1) is 9.47. The summed E-state index contributed by atoms with van der Waals surface area (Å²) in [5.74, 6) is -0.00209. The minimum Gasteiger partial charge on any atom is -0.376 e. The van der Waals surface area contributed by atoms with Gasteiger partial charge in [0.15, 0.2) is 0 Å². The third kappa shape index (κ3) is 2.90. The quantitative estimate of drug-likeness (QED) is 0.893. The van der Waals surface area contributed by atoms with E-state index in [-0.39, 0.29) is 21.5 Å². The summed E-state index contributed by atoms with van der Waals surface area (Å²) in [6.45, 7) is 0.582. The van der Waals surface area contributed by atoms with Crippen LogP contribution in [-0.4, -0.2) is 27.2 Å². The Labute approximate surface area is 125 Å². The molecule has 4 nitrogen and oxygen atoms in total. The van der Waals surface area contributed by atoms with Crippen molar-refractivity contribution in [3.8, 4) is 0 Å². The second-order valence-electron chi connectivity index (χ2n) is 5.26. The molecule has 1 saturated heterocycles. The van der Waals surface area contributed by atoms with E-state index in [2.05, 4.69) is 20.7 Å². The number of sulfonamides is 1. The zero-order chi connectivity index (χ0) is 14.3. The normalized spacial score (nSPS) is 26.9. The number of hydrogen-bond acceptors (Lipinski definition) is 3. The predicted molar refractivity (Wildman–Crippen MR) is 75.3 cm³/mol. The third-order valence-corrected chi connectivity index (χ3v) is 6.18. The van der Waals surface area contributed by atoms with E-state index in [9.17, 15) is 12.8 Å². The molecule has 2 atom stereocenters. The van der Waals surface area contributed by atoms with E-state index >= 15 is 0 Å². The molecule has 0 aromatic heterocycles. The lowest BCUT2D eigenvalue weighted by Crippen LogP contribution is -2.41. The van der Waals surface area contributed by atoms with E-state index in [1.165, 1.54) is 6.07 Å². The number of benzene rings is 1. The average molecular weight is 364 g/mol. The molecule has 2 aliphatic rings. The maximum atomic E-state index is 13.1. The Hall–Kier alpha value is -0.500. The lowest BCUT2D eigenvalue weighted by atomic mass is 10.1. The Morgan fingerprint density at radius 1 is 1.30 bits per heavy atom. The van der Waals surface area contributed by atoms with Crippen LogP contribution in [0.15, 0.2) is 27.6 Å². The number of nitrogens with one attached hydrogen (secondary N) is 1. The van der Waals surface area contributed by atoms with E-state index in [4.69, 9.17) is 4.74 Å². The van der Waals surface area contributed by atoms with Crippen LogP contribution in [0.2, 0.25) is 0 Å². The smallest absolute Gasteiger partial charge is 0.242 e. The summed E-state index contributed by atoms with van der Waals surface area (Å²) in [4.78, 5) is 0.0559. The van der Waals surface area contributed by atoms with Crippen molar-refractivity contribution < 1.29 is 17.5 Å². The van der Waals surface area contributed by atoms with Crippen molar-refractivity contribution in [1.82, 2.24) is 4.72 Å². The van der Waals surface area contributed by atoms with Gasteiger partial charge < -0.3 is 4.74 Å².